The maximum absolute atomic E-state index is 12.5. The van der Waals surface area contributed by atoms with E-state index >= 15 is 0 Å². The fourth-order valence-corrected chi connectivity index (χ4v) is 2.89. The maximum Gasteiger partial charge on any atom is 0.279 e. The van der Waals surface area contributed by atoms with Crippen LogP contribution in [0.4, 0.5) is 5.69 Å². The molecule has 0 unspecified atom stereocenters. The number of para-hydroxylation sites is 1. The third kappa shape index (κ3) is 2.50. The van der Waals surface area contributed by atoms with E-state index in [9.17, 15) is 9.59 Å². The summed E-state index contributed by atoms with van der Waals surface area (Å²) in [5, 5.41) is 4.07. The number of likely N-dealkylation sites (N-methyl/N-ethyl adjacent to an activating group) is 1. The van der Waals surface area contributed by atoms with Crippen LogP contribution in [0.3, 0.4) is 0 Å². The molecule has 0 saturated heterocycles. The smallest absolute Gasteiger partial charge is 0.279 e. The lowest BCUT2D eigenvalue weighted by Crippen LogP contribution is -2.31. The van der Waals surface area contributed by atoms with Gasteiger partial charge in [0.05, 0.1) is 5.69 Å². The Balaban J connectivity index is 1.59. The largest absolute Gasteiger partial charge is 0.454 e. The summed E-state index contributed by atoms with van der Waals surface area (Å²) >= 11 is 0. The molecule has 0 saturated carbocycles. The second kappa shape index (κ2) is 5.94. The normalized spacial score (nSPS) is 16.3. The van der Waals surface area contributed by atoms with E-state index in [1.165, 1.54) is 0 Å². The van der Waals surface area contributed by atoms with Gasteiger partial charge in [-0.15, -0.1) is 0 Å². The fourth-order valence-electron chi connectivity index (χ4n) is 2.89. The Labute approximate surface area is 143 Å². The first kappa shape index (κ1) is 15.2. The number of nitrogens with one attached hydrogen (secondary N) is 1. The lowest BCUT2D eigenvalue weighted by molar-refractivity contribution is -0.112. The molecule has 2 heterocycles. The van der Waals surface area contributed by atoms with Crippen molar-refractivity contribution >= 4 is 23.2 Å². The summed E-state index contributed by atoms with van der Waals surface area (Å²) in [6.07, 6.45) is 0. The second-order valence-electron chi connectivity index (χ2n) is 5.54. The van der Waals surface area contributed by atoms with Gasteiger partial charge in [0.25, 0.3) is 11.8 Å². The number of hydrogen-bond acceptors (Lipinski definition) is 5. The number of carbonyl (C=O) groups is 2. The number of rotatable bonds is 3. The Bertz CT molecular complexity index is 907. The molecule has 0 bridgehead atoms. The first-order valence-corrected chi connectivity index (χ1v) is 7.88. The van der Waals surface area contributed by atoms with Gasteiger partial charge in [-0.05, 0) is 31.2 Å². The van der Waals surface area contributed by atoms with Crippen LogP contribution in [0.5, 0.6) is 11.5 Å². The minimum absolute atomic E-state index is 0.140. The summed E-state index contributed by atoms with van der Waals surface area (Å²) < 4.78 is 10.5. The zero-order valence-corrected chi connectivity index (χ0v) is 13.5. The first-order chi connectivity index (χ1) is 12.2. The average Bonchev–Trinajstić information content (AvgIpc) is 3.20. The molecule has 2 aliphatic rings. The number of amides is 2. The van der Waals surface area contributed by atoms with Gasteiger partial charge in [-0.25, -0.2) is 5.43 Å². The molecule has 0 fully saturated rings. The van der Waals surface area contributed by atoms with E-state index in [0.717, 1.165) is 5.69 Å². The number of fused-ring (bicyclic) bond motifs is 2. The lowest BCUT2D eigenvalue weighted by atomic mass is 10.1. The Morgan fingerprint density at radius 2 is 2.00 bits per heavy atom. The van der Waals surface area contributed by atoms with Crippen LogP contribution in [0, 0.1) is 0 Å². The molecule has 0 aromatic heterocycles. The highest BCUT2D eigenvalue weighted by molar-refractivity contribution is 6.54. The topological polar surface area (TPSA) is 80.2 Å². The highest BCUT2D eigenvalue weighted by Crippen LogP contribution is 2.32. The molecule has 7 nitrogen and oxygen atoms in total. The van der Waals surface area contributed by atoms with E-state index in [0.29, 0.717) is 29.2 Å². The molecular weight excluding hydrogens is 322 g/mol. The van der Waals surface area contributed by atoms with Gasteiger partial charge in [0.2, 0.25) is 6.79 Å². The van der Waals surface area contributed by atoms with Crippen molar-refractivity contribution in [3.63, 3.8) is 0 Å². The van der Waals surface area contributed by atoms with E-state index in [4.69, 9.17) is 9.47 Å². The Hall–Kier alpha value is -3.35. The summed E-state index contributed by atoms with van der Waals surface area (Å²) in [6, 6.07) is 12.2. The minimum atomic E-state index is -0.425. The molecule has 2 amide bonds. The molecular formula is C18H15N3O4. The predicted octanol–water partition coefficient (Wildman–Crippen LogP) is 1.92. The summed E-state index contributed by atoms with van der Waals surface area (Å²) in [5.41, 5.74) is 4.56. The molecule has 4 rings (SSSR count). The highest BCUT2D eigenvalue weighted by atomic mass is 16.7. The number of anilines is 1. The Morgan fingerprint density at radius 1 is 1.20 bits per heavy atom. The first-order valence-electron chi connectivity index (χ1n) is 7.88. The Kier molecular flexibility index (Phi) is 3.61. The van der Waals surface area contributed by atoms with Crippen LogP contribution in [-0.4, -0.2) is 30.9 Å². The minimum Gasteiger partial charge on any atom is -0.454 e. The van der Waals surface area contributed by atoms with Crippen LogP contribution >= 0.6 is 0 Å². The summed E-state index contributed by atoms with van der Waals surface area (Å²) in [4.78, 5) is 26.5. The number of ether oxygens (including phenoxy) is 2. The van der Waals surface area contributed by atoms with E-state index in [1.807, 2.05) is 31.2 Å². The van der Waals surface area contributed by atoms with Crippen LogP contribution in [0.15, 0.2) is 47.6 Å². The predicted molar refractivity (Wildman–Crippen MR) is 91.0 cm³/mol. The third-order valence-electron chi connectivity index (χ3n) is 4.12. The van der Waals surface area contributed by atoms with Crippen LogP contribution in [0.2, 0.25) is 0 Å². The van der Waals surface area contributed by atoms with Crippen molar-refractivity contribution in [3.8, 4) is 11.5 Å². The van der Waals surface area contributed by atoms with Crippen LogP contribution in [-0.2, 0) is 4.79 Å². The number of carbonyl (C=O) groups excluding carboxylic acids is 2. The standard InChI is InChI=1S/C18H15N3O4/c1-2-21-13-6-4-3-5-12(13)16(18(21)23)19-20-17(22)11-7-8-14-15(9-11)25-10-24-14/h3-9H,2,10H2,1H3,(H,20,22)/b19-16-. The van der Waals surface area contributed by atoms with Crippen LogP contribution in [0.25, 0.3) is 0 Å². The average molecular weight is 337 g/mol. The molecule has 2 aliphatic heterocycles. The fraction of sp³-hybridized carbons (Fsp3) is 0.167. The van der Waals surface area contributed by atoms with Gasteiger partial charge in [-0.1, -0.05) is 18.2 Å². The molecule has 0 aliphatic carbocycles. The van der Waals surface area contributed by atoms with Crippen molar-refractivity contribution < 1.29 is 19.1 Å². The van der Waals surface area contributed by atoms with Crippen molar-refractivity contribution in [2.45, 2.75) is 6.92 Å². The monoisotopic (exact) mass is 337 g/mol. The van der Waals surface area contributed by atoms with Gasteiger partial charge in [0.1, 0.15) is 0 Å². The van der Waals surface area contributed by atoms with Crippen molar-refractivity contribution in [1.29, 1.82) is 0 Å². The lowest BCUT2D eigenvalue weighted by Gasteiger charge is -2.12. The van der Waals surface area contributed by atoms with Gasteiger partial charge in [-0.3, -0.25) is 9.59 Å². The van der Waals surface area contributed by atoms with Gasteiger partial charge in [0, 0.05) is 17.7 Å². The van der Waals surface area contributed by atoms with Crippen molar-refractivity contribution in [1.82, 2.24) is 5.43 Å². The summed E-state index contributed by atoms with van der Waals surface area (Å²) in [6.45, 7) is 2.56. The van der Waals surface area contributed by atoms with Gasteiger partial charge < -0.3 is 14.4 Å². The van der Waals surface area contributed by atoms with Crippen LogP contribution in [0.1, 0.15) is 22.8 Å². The van der Waals surface area contributed by atoms with E-state index < -0.39 is 5.91 Å². The highest BCUT2D eigenvalue weighted by Gasteiger charge is 2.32. The van der Waals surface area contributed by atoms with E-state index in [2.05, 4.69) is 10.5 Å². The van der Waals surface area contributed by atoms with Crippen LogP contribution < -0.4 is 19.8 Å². The summed E-state index contributed by atoms with van der Waals surface area (Å²) in [7, 11) is 0. The van der Waals surface area contributed by atoms with E-state index in [1.54, 1.807) is 23.1 Å². The van der Waals surface area contributed by atoms with Crippen molar-refractivity contribution in [2.75, 3.05) is 18.2 Å². The van der Waals surface area contributed by atoms with Crippen molar-refractivity contribution in [3.05, 3.63) is 53.6 Å². The number of benzene rings is 2. The molecule has 0 atom stereocenters. The van der Waals surface area contributed by atoms with E-state index in [-0.39, 0.29) is 18.4 Å². The van der Waals surface area contributed by atoms with Gasteiger partial charge in [0.15, 0.2) is 17.2 Å². The van der Waals surface area contributed by atoms with Gasteiger partial charge in [-0.2, -0.15) is 5.10 Å². The number of nitrogens with zero attached hydrogens (tertiary/aromatic N) is 2. The van der Waals surface area contributed by atoms with Gasteiger partial charge >= 0.3 is 0 Å². The number of hydrazone groups is 1. The quantitative estimate of drug-likeness (QED) is 0.868. The van der Waals surface area contributed by atoms with Crippen molar-refractivity contribution in [2.24, 2.45) is 5.10 Å². The maximum atomic E-state index is 12.5. The zero-order chi connectivity index (χ0) is 17.4. The molecule has 0 radical (unpaired) electrons. The molecule has 126 valence electrons. The molecule has 1 N–H and O–H groups in total. The molecule has 2 aromatic rings. The molecule has 25 heavy (non-hydrogen) atoms. The SMILES string of the molecule is CCN1C(=O)/C(=N\NC(=O)c2ccc3c(c2)OCO3)c2ccccc21. The molecule has 0 spiro atoms. The third-order valence-corrected chi connectivity index (χ3v) is 4.12. The molecule has 2 aromatic carbocycles. The molecule has 7 heteroatoms. The number of hydrogen-bond donors (Lipinski definition) is 1. The Morgan fingerprint density at radius 3 is 2.84 bits per heavy atom. The second-order valence-corrected chi connectivity index (χ2v) is 5.54. The zero-order valence-electron chi connectivity index (χ0n) is 13.5. The summed E-state index contributed by atoms with van der Waals surface area (Å²) in [5.74, 6) is 0.460.